The summed E-state index contributed by atoms with van der Waals surface area (Å²) in [5, 5.41) is 6.60. The molecule has 1 aromatic carbocycles. The molecule has 0 aliphatic carbocycles. The standard InChI is InChI=1S/C22H24N4O2S2/c1-13-12-29-22(24-13)26-10-8-16(9-11-26)20(28)25-21-18(19(23)27)17(14(2)30-21)15-6-4-3-5-7-15/h3-7,12,16H,8-11H2,1-2H3,(H2,23,27)(H,25,28). The van der Waals surface area contributed by atoms with Gasteiger partial charge in [-0.1, -0.05) is 30.3 Å². The number of hydrogen-bond acceptors (Lipinski definition) is 6. The summed E-state index contributed by atoms with van der Waals surface area (Å²) < 4.78 is 0. The number of hydrogen-bond donors (Lipinski definition) is 2. The first-order chi connectivity index (χ1) is 14.4. The lowest BCUT2D eigenvalue weighted by molar-refractivity contribution is -0.120. The van der Waals surface area contributed by atoms with E-state index in [0.29, 0.717) is 10.6 Å². The van der Waals surface area contributed by atoms with Gasteiger partial charge in [-0.2, -0.15) is 0 Å². The molecule has 3 heterocycles. The Labute approximate surface area is 183 Å². The molecular weight excluding hydrogens is 416 g/mol. The second-order valence-corrected chi connectivity index (χ2v) is 9.55. The maximum atomic E-state index is 13.0. The highest BCUT2D eigenvalue weighted by Gasteiger charge is 2.29. The van der Waals surface area contributed by atoms with E-state index in [-0.39, 0.29) is 11.8 Å². The van der Waals surface area contributed by atoms with Gasteiger partial charge in [0.2, 0.25) is 5.91 Å². The highest BCUT2D eigenvalue weighted by molar-refractivity contribution is 7.17. The summed E-state index contributed by atoms with van der Waals surface area (Å²) in [6.07, 6.45) is 1.51. The van der Waals surface area contributed by atoms with Crippen LogP contribution in [0.25, 0.3) is 11.1 Å². The molecule has 3 N–H and O–H groups in total. The van der Waals surface area contributed by atoms with E-state index in [2.05, 4.69) is 15.2 Å². The highest BCUT2D eigenvalue weighted by atomic mass is 32.1. The number of nitrogens with one attached hydrogen (secondary N) is 1. The van der Waals surface area contributed by atoms with Gasteiger partial charge in [-0.15, -0.1) is 22.7 Å². The van der Waals surface area contributed by atoms with Gasteiger partial charge in [-0.25, -0.2) is 4.98 Å². The van der Waals surface area contributed by atoms with Crippen LogP contribution >= 0.6 is 22.7 Å². The molecule has 1 aliphatic rings. The van der Waals surface area contributed by atoms with Gasteiger partial charge < -0.3 is 16.0 Å². The monoisotopic (exact) mass is 440 g/mol. The van der Waals surface area contributed by atoms with E-state index < -0.39 is 5.91 Å². The summed E-state index contributed by atoms with van der Waals surface area (Å²) in [6, 6.07) is 9.67. The van der Waals surface area contributed by atoms with Gasteiger partial charge in [0.05, 0.1) is 11.3 Å². The van der Waals surface area contributed by atoms with Crippen LogP contribution in [-0.4, -0.2) is 29.9 Å². The van der Waals surface area contributed by atoms with E-state index in [1.807, 2.05) is 49.6 Å². The lowest BCUT2D eigenvalue weighted by Gasteiger charge is -2.31. The smallest absolute Gasteiger partial charge is 0.252 e. The van der Waals surface area contributed by atoms with Crippen LogP contribution in [-0.2, 0) is 4.79 Å². The van der Waals surface area contributed by atoms with Gasteiger partial charge in [0, 0.05) is 34.8 Å². The van der Waals surface area contributed by atoms with Gasteiger partial charge in [0.25, 0.3) is 5.91 Å². The van der Waals surface area contributed by atoms with Crippen LogP contribution in [0.2, 0.25) is 0 Å². The zero-order valence-electron chi connectivity index (χ0n) is 17.0. The number of thiazole rings is 1. The number of carbonyl (C=O) groups is 2. The molecule has 8 heteroatoms. The molecule has 1 fully saturated rings. The molecule has 0 spiro atoms. The summed E-state index contributed by atoms with van der Waals surface area (Å²) in [6.45, 7) is 5.53. The second kappa shape index (κ2) is 8.57. The Bertz CT molecular complexity index is 1070. The fraction of sp³-hybridized carbons (Fsp3) is 0.318. The van der Waals surface area contributed by atoms with E-state index in [9.17, 15) is 9.59 Å². The van der Waals surface area contributed by atoms with Crippen molar-refractivity contribution in [1.82, 2.24) is 4.98 Å². The van der Waals surface area contributed by atoms with Crippen molar-refractivity contribution in [3.05, 3.63) is 51.8 Å². The minimum Gasteiger partial charge on any atom is -0.365 e. The Kier molecular flexibility index (Phi) is 5.87. The minimum absolute atomic E-state index is 0.0478. The van der Waals surface area contributed by atoms with E-state index in [4.69, 9.17) is 5.73 Å². The molecule has 0 unspecified atom stereocenters. The maximum absolute atomic E-state index is 13.0. The number of aromatic nitrogens is 1. The number of amides is 2. The predicted octanol–water partition coefficient (Wildman–Crippen LogP) is 4.44. The molecule has 0 atom stereocenters. The quantitative estimate of drug-likeness (QED) is 0.614. The molecular formula is C22H24N4O2S2. The molecule has 2 amide bonds. The number of nitrogens with zero attached hydrogens (tertiary/aromatic N) is 2. The average Bonchev–Trinajstić information content (AvgIpc) is 3.31. The molecule has 3 aromatic rings. The first kappa shape index (κ1) is 20.6. The Morgan fingerprint density at radius 2 is 1.87 bits per heavy atom. The molecule has 1 aliphatic heterocycles. The van der Waals surface area contributed by atoms with Crippen LogP contribution in [0, 0.1) is 19.8 Å². The van der Waals surface area contributed by atoms with Crippen molar-refractivity contribution in [2.45, 2.75) is 26.7 Å². The molecule has 0 bridgehead atoms. The van der Waals surface area contributed by atoms with E-state index in [1.54, 1.807) is 11.3 Å². The zero-order valence-corrected chi connectivity index (χ0v) is 18.6. The molecule has 156 valence electrons. The molecule has 30 heavy (non-hydrogen) atoms. The number of primary amides is 1. The Balaban J connectivity index is 1.49. The molecule has 0 radical (unpaired) electrons. The van der Waals surface area contributed by atoms with Gasteiger partial charge >= 0.3 is 0 Å². The lowest BCUT2D eigenvalue weighted by atomic mass is 9.96. The summed E-state index contributed by atoms with van der Waals surface area (Å²) in [5.74, 6) is -0.665. The number of piperidine rings is 1. The van der Waals surface area contributed by atoms with Gasteiger partial charge in [0.1, 0.15) is 5.00 Å². The van der Waals surface area contributed by atoms with Crippen molar-refractivity contribution in [1.29, 1.82) is 0 Å². The van der Waals surface area contributed by atoms with Gasteiger partial charge in [-0.05, 0) is 32.3 Å². The van der Waals surface area contributed by atoms with Gasteiger partial charge in [0.15, 0.2) is 5.13 Å². The SMILES string of the molecule is Cc1csc(N2CCC(C(=O)Nc3sc(C)c(-c4ccccc4)c3C(N)=O)CC2)n1. The van der Waals surface area contributed by atoms with Crippen LogP contribution in [0.4, 0.5) is 10.1 Å². The fourth-order valence-electron chi connectivity index (χ4n) is 3.85. The third-order valence-corrected chi connectivity index (χ3v) is 7.41. The average molecular weight is 441 g/mol. The van der Waals surface area contributed by atoms with Crippen LogP contribution in [0.15, 0.2) is 35.7 Å². The largest absolute Gasteiger partial charge is 0.365 e. The number of carbonyl (C=O) groups excluding carboxylic acids is 2. The van der Waals surface area contributed by atoms with Crippen molar-refractivity contribution in [3.63, 3.8) is 0 Å². The van der Waals surface area contributed by atoms with E-state index in [0.717, 1.165) is 52.8 Å². The minimum atomic E-state index is -0.525. The lowest BCUT2D eigenvalue weighted by Crippen LogP contribution is -2.38. The molecule has 6 nitrogen and oxygen atoms in total. The third kappa shape index (κ3) is 4.11. The van der Waals surface area contributed by atoms with Crippen LogP contribution in [0.5, 0.6) is 0 Å². The fourth-order valence-corrected chi connectivity index (χ4v) is 5.80. The van der Waals surface area contributed by atoms with Crippen molar-refractivity contribution >= 4 is 44.6 Å². The Morgan fingerprint density at radius 1 is 1.17 bits per heavy atom. The summed E-state index contributed by atoms with van der Waals surface area (Å²) in [7, 11) is 0. The maximum Gasteiger partial charge on any atom is 0.252 e. The predicted molar refractivity (Wildman–Crippen MR) is 123 cm³/mol. The first-order valence-corrected chi connectivity index (χ1v) is 11.6. The number of rotatable bonds is 5. The molecule has 0 saturated carbocycles. The number of aryl methyl sites for hydroxylation is 2. The van der Waals surface area contributed by atoms with Crippen LogP contribution < -0.4 is 16.0 Å². The van der Waals surface area contributed by atoms with Crippen LogP contribution in [0.3, 0.4) is 0 Å². The van der Waals surface area contributed by atoms with Gasteiger partial charge in [-0.3, -0.25) is 9.59 Å². The van der Waals surface area contributed by atoms with E-state index >= 15 is 0 Å². The molecule has 1 saturated heterocycles. The van der Waals surface area contributed by atoms with Crippen molar-refractivity contribution in [2.75, 3.05) is 23.3 Å². The summed E-state index contributed by atoms with van der Waals surface area (Å²) in [4.78, 5) is 32.9. The Morgan fingerprint density at radius 3 is 2.47 bits per heavy atom. The number of benzene rings is 1. The zero-order chi connectivity index (χ0) is 21.3. The molecule has 4 rings (SSSR count). The third-order valence-electron chi connectivity index (χ3n) is 5.37. The molecule has 2 aromatic heterocycles. The van der Waals surface area contributed by atoms with Crippen molar-refractivity contribution in [2.24, 2.45) is 11.7 Å². The summed E-state index contributed by atoms with van der Waals surface area (Å²) >= 11 is 3.05. The van der Waals surface area contributed by atoms with Crippen molar-refractivity contribution in [3.8, 4) is 11.1 Å². The number of anilines is 2. The highest BCUT2D eigenvalue weighted by Crippen LogP contribution is 2.40. The number of nitrogens with two attached hydrogens (primary N) is 1. The Hall–Kier alpha value is -2.71. The first-order valence-electron chi connectivity index (χ1n) is 9.90. The topological polar surface area (TPSA) is 88.3 Å². The van der Waals surface area contributed by atoms with Crippen molar-refractivity contribution < 1.29 is 9.59 Å². The van der Waals surface area contributed by atoms with Crippen LogP contribution in [0.1, 0.15) is 33.8 Å². The van der Waals surface area contributed by atoms with E-state index in [1.165, 1.54) is 11.3 Å². The number of thiophene rings is 1. The second-order valence-electron chi connectivity index (χ2n) is 7.49. The normalized spacial score (nSPS) is 14.7. The summed E-state index contributed by atoms with van der Waals surface area (Å²) in [5.41, 5.74) is 8.86.